The molecule has 3 heterocycles. The molecule has 0 spiro atoms. The molecule has 8 heteroatoms. The topological polar surface area (TPSA) is 119 Å². The fourth-order valence-corrected chi connectivity index (χ4v) is 1.48. The van der Waals surface area contributed by atoms with Gasteiger partial charge in [-0.1, -0.05) is 5.16 Å². The summed E-state index contributed by atoms with van der Waals surface area (Å²) in [5, 5.41) is 13.9. The number of aromatic nitrogens is 6. The number of hydrogen-bond acceptors (Lipinski definition) is 7. The fourth-order valence-electron chi connectivity index (χ4n) is 1.48. The van der Waals surface area contributed by atoms with Gasteiger partial charge in [0.2, 0.25) is 5.82 Å². The van der Waals surface area contributed by atoms with E-state index in [0.29, 0.717) is 24.0 Å². The lowest BCUT2D eigenvalue weighted by Crippen LogP contribution is -1.98. The van der Waals surface area contributed by atoms with Crippen LogP contribution in [0.5, 0.6) is 0 Å². The summed E-state index contributed by atoms with van der Waals surface area (Å²) in [6.07, 6.45) is 3.17. The Morgan fingerprint density at radius 1 is 1.39 bits per heavy atom. The highest BCUT2D eigenvalue weighted by atomic mass is 16.5. The SMILES string of the molecule is NCc1cc(-c2nc(-c3cn[nH]n3)no2)ccn1. The van der Waals surface area contributed by atoms with E-state index >= 15 is 0 Å². The third-order valence-electron chi connectivity index (χ3n) is 2.34. The van der Waals surface area contributed by atoms with Crippen molar-refractivity contribution < 1.29 is 4.52 Å². The monoisotopic (exact) mass is 243 g/mol. The summed E-state index contributed by atoms with van der Waals surface area (Å²) < 4.78 is 5.16. The largest absolute Gasteiger partial charge is 0.334 e. The second-order valence-corrected chi connectivity index (χ2v) is 3.52. The second kappa shape index (κ2) is 4.34. The number of H-pyrrole nitrogens is 1. The van der Waals surface area contributed by atoms with Crippen molar-refractivity contribution in [2.24, 2.45) is 5.73 Å². The molecule has 0 aromatic carbocycles. The Hall–Kier alpha value is -2.61. The van der Waals surface area contributed by atoms with Gasteiger partial charge in [0.15, 0.2) is 5.69 Å². The molecule has 90 valence electrons. The van der Waals surface area contributed by atoms with Gasteiger partial charge < -0.3 is 10.3 Å². The molecule has 3 N–H and O–H groups in total. The smallest absolute Gasteiger partial charge is 0.258 e. The summed E-state index contributed by atoms with van der Waals surface area (Å²) in [5.41, 5.74) is 7.58. The molecule has 0 aliphatic rings. The van der Waals surface area contributed by atoms with Crippen molar-refractivity contribution in [3.05, 3.63) is 30.2 Å². The molecule has 0 aliphatic carbocycles. The first-order chi connectivity index (χ1) is 8.86. The summed E-state index contributed by atoms with van der Waals surface area (Å²) in [6.45, 7) is 0.359. The Labute approximate surface area is 101 Å². The summed E-state index contributed by atoms with van der Waals surface area (Å²) in [4.78, 5) is 8.33. The van der Waals surface area contributed by atoms with Crippen molar-refractivity contribution in [3.63, 3.8) is 0 Å². The fraction of sp³-hybridized carbons (Fsp3) is 0.100. The van der Waals surface area contributed by atoms with Crippen LogP contribution >= 0.6 is 0 Å². The Balaban J connectivity index is 1.97. The number of nitrogens with one attached hydrogen (secondary N) is 1. The van der Waals surface area contributed by atoms with Gasteiger partial charge in [-0.05, 0) is 12.1 Å². The zero-order chi connectivity index (χ0) is 12.4. The Morgan fingerprint density at radius 3 is 3.11 bits per heavy atom. The van der Waals surface area contributed by atoms with Crippen molar-refractivity contribution in [1.82, 2.24) is 30.5 Å². The number of hydrogen-bond donors (Lipinski definition) is 2. The number of nitrogens with zero attached hydrogens (tertiary/aromatic N) is 5. The second-order valence-electron chi connectivity index (χ2n) is 3.52. The van der Waals surface area contributed by atoms with E-state index in [1.54, 1.807) is 18.3 Å². The molecule has 3 aromatic rings. The molecule has 0 unspecified atom stereocenters. The van der Waals surface area contributed by atoms with Crippen LogP contribution in [0, 0.1) is 0 Å². The van der Waals surface area contributed by atoms with E-state index in [1.807, 2.05) is 0 Å². The minimum absolute atomic E-state index is 0.359. The lowest BCUT2D eigenvalue weighted by atomic mass is 10.2. The molecule has 18 heavy (non-hydrogen) atoms. The van der Waals surface area contributed by atoms with Crippen LogP contribution < -0.4 is 5.73 Å². The predicted octanol–water partition coefficient (Wildman–Crippen LogP) is 0.375. The number of aromatic amines is 1. The minimum atomic E-state index is 0.359. The van der Waals surface area contributed by atoms with Gasteiger partial charge in [0.25, 0.3) is 5.89 Å². The first-order valence-electron chi connectivity index (χ1n) is 5.22. The predicted molar refractivity (Wildman–Crippen MR) is 60.8 cm³/mol. The highest BCUT2D eigenvalue weighted by molar-refractivity contribution is 5.56. The van der Waals surface area contributed by atoms with Crippen LogP contribution in [0.1, 0.15) is 5.69 Å². The van der Waals surface area contributed by atoms with Crippen molar-refractivity contribution in [2.45, 2.75) is 6.54 Å². The van der Waals surface area contributed by atoms with Gasteiger partial charge in [-0.2, -0.15) is 20.4 Å². The Morgan fingerprint density at radius 2 is 2.33 bits per heavy atom. The van der Waals surface area contributed by atoms with E-state index in [2.05, 4.69) is 30.5 Å². The van der Waals surface area contributed by atoms with Crippen LogP contribution in [-0.2, 0) is 6.54 Å². The van der Waals surface area contributed by atoms with Gasteiger partial charge in [0, 0.05) is 18.3 Å². The van der Waals surface area contributed by atoms with Crippen LogP contribution in [0.25, 0.3) is 23.0 Å². The quantitative estimate of drug-likeness (QED) is 0.682. The van der Waals surface area contributed by atoms with Crippen molar-refractivity contribution >= 4 is 0 Å². The van der Waals surface area contributed by atoms with E-state index in [4.69, 9.17) is 10.3 Å². The van der Waals surface area contributed by atoms with Crippen molar-refractivity contribution in [2.75, 3.05) is 0 Å². The third-order valence-corrected chi connectivity index (χ3v) is 2.34. The average molecular weight is 243 g/mol. The van der Waals surface area contributed by atoms with Gasteiger partial charge in [-0.3, -0.25) is 4.98 Å². The molecule has 0 amide bonds. The van der Waals surface area contributed by atoms with E-state index in [1.165, 1.54) is 6.20 Å². The molecule has 0 saturated carbocycles. The zero-order valence-corrected chi connectivity index (χ0v) is 9.24. The highest BCUT2D eigenvalue weighted by Crippen LogP contribution is 2.20. The molecular weight excluding hydrogens is 234 g/mol. The Bertz CT molecular complexity index is 646. The van der Waals surface area contributed by atoms with E-state index < -0.39 is 0 Å². The summed E-state index contributed by atoms with van der Waals surface area (Å²) in [6, 6.07) is 3.58. The van der Waals surface area contributed by atoms with E-state index in [0.717, 1.165) is 11.3 Å². The standard InChI is InChI=1S/C10H9N7O/c11-4-7-3-6(1-2-12-7)10-14-9(16-18-10)8-5-13-17-15-8/h1-3,5H,4,11H2,(H,13,15,17). The molecule has 0 atom stereocenters. The van der Waals surface area contributed by atoms with Gasteiger partial charge in [-0.15, -0.1) is 0 Å². The molecule has 0 radical (unpaired) electrons. The van der Waals surface area contributed by atoms with Gasteiger partial charge >= 0.3 is 0 Å². The van der Waals surface area contributed by atoms with E-state index in [9.17, 15) is 0 Å². The van der Waals surface area contributed by atoms with Crippen LogP contribution in [0.4, 0.5) is 0 Å². The normalized spacial score (nSPS) is 10.7. The molecule has 3 rings (SSSR count). The molecular formula is C10H9N7O. The van der Waals surface area contributed by atoms with Gasteiger partial charge in [0.1, 0.15) is 0 Å². The van der Waals surface area contributed by atoms with Gasteiger partial charge in [-0.25, -0.2) is 0 Å². The Kier molecular flexibility index (Phi) is 2.54. The molecule has 8 nitrogen and oxygen atoms in total. The molecule has 0 fully saturated rings. The van der Waals surface area contributed by atoms with E-state index in [-0.39, 0.29) is 0 Å². The van der Waals surface area contributed by atoms with Crippen molar-refractivity contribution in [1.29, 1.82) is 0 Å². The van der Waals surface area contributed by atoms with Crippen molar-refractivity contribution in [3.8, 4) is 23.0 Å². The molecule has 3 aromatic heterocycles. The molecule has 0 aliphatic heterocycles. The summed E-state index contributed by atoms with van der Waals surface area (Å²) >= 11 is 0. The maximum Gasteiger partial charge on any atom is 0.258 e. The maximum absolute atomic E-state index is 5.53. The van der Waals surface area contributed by atoms with Gasteiger partial charge in [0.05, 0.1) is 11.9 Å². The summed E-state index contributed by atoms with van der Waals surface area (Å²) in [7, 11) is 0. The number of rotatable bonds is 3. The minimum Gasteiger partial charge on any atom is -0.334 e. The van der Waals surface area contributed by atoms with Crippen LogP contribution in [-0.4, -0.2) is 30.5 Å². The average Bonchev–Trinajstić information content (AvgIpc) is 3.09. The lowest BCUT2D eigenvalue weighted by molar-refractivity contribution is 0.432. The highest BCUT2D eigenvalue weighted by Gasteiger charge is 2.12. The van der Waals surface area contributed by atoms with Crippen LogP contribution in [0.3, 0.4) is 0 Å². The number of nitrogens with two attached hydrogens (primary N) is 1. The van der Waals surface area contributed by atoms with Crippen LogP contribution in [0.2, 0.25) is 0 Å². The van der Waals surface area contributed by atoms with Crippen LogP contribution in [0.15, 0.2) is 29.0 Å². The maximum atomic E-state index is 5.53. The summed E-state index contributed by atoms with van der Waals surface area (Å²) in [5.74, 6) is 0.773. The third kappa shape index (κ3) is 1.84. The number of pyridine rings is 1. The first-order valence-corrected chi connectivity index (χ1v) is 5.22. The molecule has 0 bridgehead atoms. The first kappa shape index (κ1) is 10.5. The molecule has 0 saturated heterocycles. The lowest BCUT2D eigenvalue weighted by Gasteiger charge is -1.97. The zero-order valence-electron chi connectivity index (χ0n) is 9.24.